The fourth-order valence-electron chi connectivity index (χ4n) is 4.07. The van der Waals surface area contributed by atoms with Crippen LogP contribution >= 0.6 is 0 Å². The molecule has 1 saturated heterocycles. The average molecular weight is 511 g/mol. The van der Waals surface area contributed by atoms with Crippen LogP contribution in [0.1, 0.15) is 73.1 Å². The number of carbonyl (C=O) groups excluding carboxylic acids is 3. The van der Waals surface area contributed by atoms with E-state index in [1.807, 2.05) is 32.9 Å². The minimum atomic E-state index is -1.12. The van der Waals surface area contributed by atoms with E-state index in [1.54, 1.807) is 14.0 Å². The first-order valence-electron chi connectivity index (χ1n) is 13.0. The highest BCUT2D eigenvalue weighted by atomic mass is 16.6. The van der Waals surface area contributed by atoms with E-state index in [2.05, 4.69) is 22.9 Å². The minimum Gasteiger partial charge on any atom is -0.480 e. The van der Waals surface area contributed by atoms with Gasteiger partial charge in [0.1, 0.15) is 24.7 Å². The average Bonchev–Trinajstić information content (AvgIpc) is 3.29. The summed E-state index contributed by atoms with van der Waals surface area (Å²) >= 11 is 0. The van der Waals surface area contributed by atoms with Crippen molar-refractivity contribution in [2.75, 3.05) is 26.7 Å². The molecule has 0 aromatic heterocycles. The van der Waals surface area contributed by atoms with E-state index in [4.69, 9.17) is 4.74 Å². The van der Waals surface area contributed by atoms with E-state index in [1.165, 1.54) is 4.90 Å². The van der Waals surface area contributed by atoms with Crippen LogP contribution in [0.25, 0.3) is 0 Å². The molecule has 0 radical (unpaired) electrons. The highest BCUT2D eigenvalue weighted by molar-refractivity contribution is 5.92. The van der Waals surface area contributed by atoms with Gasteiger partial charge in [-0.3, -0.25) is 9.59 Å². The predicted octanol–water partition coefficient (Wildman–Crippen LogP) is 2.68. The molecule has 1 heterocycles. The molecule has 1 aliphatic heterocycles. The van der Waals surface area contributed by atoms with Gasteiger partial charge in [0.05, 0.1) is 0 Å². The number of ether oxygens (including phenoxy) is 1. The van der Waals surface area contributed by atoms with E-state index in [0.29, 0.717) is 25.9 Å². The van der Waals surface area contributed by atoms with Crippen molar-refractivity contribution in [3.63, 3.8) is 0 Å². The van der Waals surface area contributed by atoms with Gasteiger partial charge in [-0.05, 0) is 32.7 Å². The Kier molecular flexibility index (Phi) is 13.5. The Hall–Kier alpha value is -2.62. The van der Waals surface area contributed by atoms with Crippen molar-refractivity contribution in [1.82, 2.24) is 20.9 Å². The second-order valence-electron chi connectivity index (χ2n) is 10.5. The molecule has 0 aliphatic carbocycles. The molecule has 0 bridgehead atoms. The lowest BCUT2D eigenvalue weighted by molar-refractivity contribution is -0.144. The van der Waals surface area contributed by atoms with E-state index >= 15 is 0 Å². The number of nitrogens with one attached hydrogen (secondary N) is 3. The molecule has 0 aromatic rings. The zero-order valence-corrected chi connectivity index (χ0v) is 22.8. The molecule has 10 heteroatoms. The number of hydrogen-bond acceptors (Lipinski definition) is 6. The molecule has 4 atom stereocenters. The summed E-state index contributed by atoms with van der Waals surface area (Å²) in [6, 6.07) is -1.86. The second-order valence-corrected chi connectivity index (χ2v) is 10.5. The summed E-state index contributed by atoms with van der Waals surface area (Å²) in [7, 11) is 1.77. The van der Waals surface area contributed by atoms with Crippen LogP contribution in [0.4, 0.5) is 4.79 Å². The van der Waals surface area contributed by atoms with Crippen LogP contribution in [0.5, 0.6) is 0 Å². The Bertz CT molecular complexity index is 764. The van der Waals surface area contributed by atoms with Gasteiger partial charge in [-0.1, -0.05) is 59.6 Å². The normalized spacial score (nSPS) is 18.5. The highest BCUT2D eigenvalue weighted by Gasteiger charge is 2.37. The number of carboxylic acids is 1. The molecule has 10 nitrogen and oxygen atoms in total. The first-order chi connectivity index (χ1) is 16.9. The quantitative estimate of drug-likeness (QED) is 0.208. The molecule has 4 N–H and O–H groups in total. The maximum atomic E-state index is 12.9. The lowest BCUT2D eigenvalue weighted by Gasteiger charge is -2.30. The van der Waals surface area contributed by atoms with Gasteiger partial charge in [-0.25, -0.2) is 9.59 Å². The second kappa shape index (κ2) is 15.5. The van der Waals surface area contributed by atoms with E-state index in [0.717, 1.165) is 25.7 Å². The number of allylic oxidation sites excluding steroid dienone is 1. The van der Waals surface area contributed by atoms with Gasteiger partial charge in [0.15, 0.2) is 0 Å². The van der Waals surface area contributed by atoms with Crippen molar-refractivity contribution < 1.29 is 29.0 Å². The SMILES string of the molecule is CCCCC/C=C\C(C)[C@@H](NC(=O)[C@@H]1CCCN1C(=O)CNC(=O)OC(CNC)C(C)(C)C)C(=O)O. The molecule has 3 amide bonds. The van der Waals surface area contributed by atoms with Gasteiger partial charge in [-0.15, -0.1) is 0 Å². The van der Waals surface area contributed by atoms with Crippen molar-refractivity contribution in [3.8, 4) is 0 Å². The van der Waals surface area contributed by atoms with Gasteiger partial charge >= 0.3 is 12.1 Å². The van der Waals surface area contributed by atoms with Crippen molar-refractivity contribution in [1.29, 1.82) is 0 Å². The van der Waals surface area contributed by atoms with Crippen LogP contribution in [0.15, 0.2) is 12.2 Å². The first-order valence-corrected chi connectivity index (χ1v) is 13.0. The van der Waals surface area contributed by atoms with Gasteiger partial charge in [0.2, 0.25) is 11.8 Å². The van der Waals surface area contributed by atoms with Gasteiger partial charge in [0, 0.05) is 24.4 Å². The first kappa shape index (κ1) is 31.4. The van der Waals surface area contributed by atoms with Crippen LogP contribution in [0, 0.1) is 11.3 Å². The predicted molar refractivity (Wildman–Crippen MR) is 138 cm³/mol. The smallest absolute Gasteiger partial charge is 0.407 e. The Balaban J connectivity index is 2.68. The summed E-state index contributed by atoms with van der Waals surface area (Å²) < 4.78 is 5.47. The van der Waals surface area contributed by atoms with Crippen LogP contribution in [0.2, 0.25) is 0 Å². The number of nitrogens with zero attached hydrogens (tertiary/aromatic N) is 1. The Labute approximate surface area is 215 Å². The zero-order valence-electron chi connectivity index (χ0n) is 22.8. The molecule has 0 aromatic carbocycles. The van der Waals surface area contributed by atoms with Crippen molar-refractivity contribution >= 4 is 23.9 Å². The third kappa shape index (κ3) is 10.6. The molecule has 2 unspecified atom stereocenters. The van der Waals surface area contributed by atoms with E-state index in [-0.39, 0.29) is 12.0 Å². The number of carboxylic acid groups (broad SMARTS) is 1. The fourth-order valence-corrected chi connectivity index (χ4v) is 4.07. The molecular formula is C26H46N4O6. The van der Waals surface area contributed by atoms with Crippen molar-refractivity contribution in [2.45, 2.75) is 91.3 Å². The molecule has 36 heavy (non-hydrogen) atoms. The topological polar surface area (TPSA) is 137 Å². The lowest BCUT2D eigenvalue weighted by atomic mass is 9.89. The number of likely N-dealkylation sites (tertiary alicyclic amines) is 1. The lowest BCUT2D eigenvalue weighted by Crippen LogP contribution is -2.54. The molecule has 0 spiro atoms. The number of likely N-dealkylation sites (N-methyl/N-ethyl adjacent to an activating group) is 1. The zero-order chi connectivity index (χ0) is 27.3. The third-order valence-corrected chi connectivity index (χ3v) is 6.37. The van der Waals surface area contributed by atoms with Crippen LogP contribution in [-0.4, -0.2) is 78.8 Å². The van der Waals surface area contributed by atoms with Crippen LogP contribution in [0.3, 0.4) is 0 Å². The summed E-state index contributed by atoms with van der Waals surface area (Å²) in [6.45, 7) is 10.3. The molecular weight excluding hydrogens is 464 g/mol. The Morgan fingerprint density at radius 2 is 1.89 bits per heavy atom. The molecule has 0 saturated carbocycles. The van der Waals surface area contributed by atoms with Crippen molar-refractivity contribution in [2.24, 2.45) is 11.3 Å². The summed E-state index contributed by atoms with van der Waals surface area (Å²) in [5, 5.41) is 17.7. The van der Waals surface area contributed by atoms with E-state index < -0.39 is 48.0 Å². The fraction of sp³-hybridized carbons (Fsp3) is 0.769. The number of unbranched alkanes of at least 4 members (excludes halogenated alkanes) is 3. The maximum absolute atomic E-state index is 12.9. The van der Waals surface area contributed by atoms with Crippen LogP contribution in [-0.2, 0) is 19.1 Å². The van der Waals surface area contributed by atoms with Gasteiger partial charge < -0.3 is 30.7 Å². The summed E-state index contributed by atoms with van der Waals surface area (Å²) in [5.41, 5.74) is -0.287. The Morgan fingerprint density at radius 3 is 2.47 bits per heavy atom. The largest absolute Gasteiger partial charge is 0.480 e. The van der Waals surface area contributed by atoms with Gasteiger partial charge in [-0.2, -0.15) is 0 Å². The summed E-state index contributed by atoms with van der Waals surface area (Å²) in [5.74, 6) is -2.43. The number of rotatable bonds is 14. The number of aliphatic carboxylic acids is 1. The number of amides is 3. The standard InChI is InChI=1S/C26H46N4O6/c1-7-8-9-10-11-13-18(2)22(24(33)34)29-23(32)19-14-12-15-30(19)21(31)17-28-25(35)36-20(16-27-6)26(3,4)5/h11,13,18-20,22,27H,7-10,12,14-17H2,1-6H3,(H,28,35)(H,29,32)(H,33,34)/b13-11-/t18?,19-,20?,22+/m0/s1. The third-order valence-electron chi connectivity index (χ3n) is 6.37. The number of hydrogen-bond donors (Lipinski definition) is 4. The summed E-state index contributed by atoms with van der Waals surface area (Å²) in [4.78, 5) is 51.2. The minimum absolute atomic E-state index is 0.287. The Morgan fingerprint density at radius 1 is 1.19 bits per heavy atom. The van der Waals surface area contributed by atoms with E-state index in [9.17, 15) is 24.3 Å². The molecule has 1 fully saturated rings. The van der Waals surface area contributed by atoms with Gasteiger partial charge in [0.25, 0.3) is 0 Å². The number of alkyl carbamates (subject to hydrolysis) is 1. The monoisotopic (exact) mass is 510 g/mol. The van der Waals surface area contributed by atoms with Crippen molar-refractivity contribution in [3.05, 3.63) is 12.2 Å². The maximum Gasteiger partial charge on any atom is 0.407 e. The molecule has 206 valence electrons. The summed E-state index contributed by atoms with van der Waals surface area (Å²) in [6.07, 6.45) is 7.86. The molecule has 1 rings (SSSR count). The van der Waals surface area contributed by atoms with Crippen LogP contribution < -0.4 is 16.0 Å². The molecule has 1 aliphatic rings. The highest BCUT2D eigenvalue weighted by Crippen LogP contribution is 2.22. The number of carbonyl (C=O) groups is 4.